The van der Waals surface area contributed by atoms with E-state index in [1.807, 2.05) is 74.1 Å². The summed E-state index contributed by atoms with van der Waals surface area (Å²) >= 11 is 8.04. The molecule has 42 heavy (non-hydrogen) atoms. The maximum atomic E-state index is 11.5. The van der Waals surface area contributed by atoms with Crippen molar-refractivity contribution in [3.05, 3.63) is 112 Å². The molecule has 4 nitrogen and oxygen atoms in total. The number of rotatable bonds is 12. The van der Waals surface area contributed by atoms with Gasteiger partial charge in [0.2, 0.25) is 0 Å². The Bertz CT molecular complexity index is 1580. The summed E-state index contributed by atoms with van der Waals surface area (Å²) in [4.78, 5) is 16.2. The molecule has 1 fully saturated rings. The van der Waals surface area contributed by atoms with Gasteiger partial charge in [0.1, 0.15) is 0 Å². The van der Waals surface area contributed by atoms with E-state index in [-0.39, 0.29) is 68.5 Å². The fourth-order valence-electron chi connectivity index (χ4n) is 5.36. The van der Waals surface area contributed by atoms with Gasteiger partial charge in [-0.25, -0.2) is 4.98 Å². The third kappa shape index (κ3) is 9.02. The summed E-state index contributed by atoms with van der Waals surface area (Å²) in [6.07, 6.45) is 8.02. The van der Waals surface area contributed by atoms with E-state index in [1.165, 1.54) is 5.56 Å². The molecule has 0 bridgehead atoms. The molecule has 4 aromatic rings. The van der Waals surface area contributed by atoms with Crippen LogP contribution in [0.5, 0.6) is 0 Å². The molecule has 1 atom stereocenters. The van der Waals surface area contributed by atoms with Crippen LogP contribution in [0.3, 0.4) is 0 Å². The zero-order chi connectivity index (χ0) is 29.0. The minimum absolute atomic E-state index is 0. The molecule has 1 heterocycles. The standard InChI is InChI=1S/C35H36ClNO3S.K.H/c1-34(2,40)30-9-4-3-7-25(30)13-17-32(41-23-35(18-19-35)22-33(38)39)27-8-5-6-24(20-27)10-15-29-16-12-26-11-14-28(36)21-31(26)37-29;;/h3-12,14-16,20-21,32,40H,13,17-19,22-23H2,1-2H3,(H,38,39);;/t32-;;/m1../s1. The number of carbonyl (C=O) groups is 1. The van der Waals surface area contributed by atoms with E-state index in [4.69, 9.17) is 16.6 Å². The molecule has 0 saturated heterocycles. The van der Waals surface area contributed by atoms with Crippen LogP contribution in [-0.2, 0) is 16.8 Å². The Labute approximate surface area is 300 Å². The zero-order valence-corrected chi connectivity index (χ0v) is 25.1. The Morgan fingerprint density at radius 1 is 1.05 bits per heavy atom. The number of aliphatic carboxylic acids is 1. The van der Waals surface area contributed by atoms with Crippen molar-refractivity contribution in [1.29, 1.82) is 0 Å². The summed E-state index contributed by atoms with van der Waals surface area (Å²) < 4.78 is 0. The van der Waals surface area contributed by atoms with Crippen molar-refractivity contribution in [3.8, 4) is 0 Å². The summed E-state index contributed by atoms with van der Waals surface area (Å²) in [7, 11) is 0. The second-order valence-electron chi connectivity index (χ2n) is 11.7. The number of pyridine rings is 1. The average Bonchev–Trinajstić information content (AvgIpc) is 3.70. The molecule has 1 saturated carbocycles. The summed E-state index contributed by atoms with van der Waals surface area (Å²) in [6, 6.07) is 26.5. The van der Waals surface area contributed by atoms with Crippen LogP contribution in [-0.4, -0.2) is 78.3 Å². The van der Waals surface area contributed by atoms with Gasteiger partial charge in [-0.05, 0) is 91.5 Å². The van der Waals surface area contributed by atoms with Crippen LogP contribution in [0.1, 0.15) is 72.7 Å². The van der Waals surface area contributed by atoms with E-state index < -0.39 is 11.6 Å². The van der Waals surface area contributed by atoms with Gasteiger partial charge in [-0.15, -0.1) is 0 Å². The van der Waals surface area contributed by atoms with Crippen LogP contribution in [0.4, 0.5) is 0 Å². The van der Waals surface area contributed by atoms with E-state index >= 15 is 0 Å². The summed E-state index contributed by atoms with van der Waals surface area (Å²) in [6.45, 7) is 3.66. The number of fused-ring (bicyclic) bond motifs is 1. The Balaban J connectivity index is 0.00000405. The molecule has 0 aliphatic heterocycles. The normalized spacial score (nSPS) is 15.0. The van der Waals surface area contributed by atoms with Crippen LogP contribution < -0.4 is 0 Å². The summed E-state index contributed by atoms with van der Waals surface area (Å²) in [5.74, 6) is 0.122. The number of aliphatic hydroxyl groups is 1. The van der Waals surface area contributed by atoms with Gasteiger partial charge in [-0.1, -0.05) is 78.3 Å². The molecule has 7 heteroatoms. The second kappa shape index (κ2) is 14.5. The third-order valence-corrected chi connectivity index (χ3v) is 9.76. The first-order valence-corrected chi connectivity index (χ1v) is 15.5. The van der Waals surface area contributed by atoms with Gasteiger partial charge < -0.3 is 10.2 Å². The molecule has 1 aliphatic carbocycles. The molecule has 214 valence electrons. The molecule has 3 aromatic carbocycles. The molecular formula is C35H37ClKNO3S. The van der Waals surface area contributed by atoms with Crippen molar-refractivity contribution >= 4 is 104 Å². The maximum absolute atomic E-state index is 11.5. The fourth-order valence-corrected chi connectivity index (χ4v) is 7.09. The molecule has 0 amide bonds. The SMILES string of the molecule is CC(C)(O)c1ccccc1CC[C@@H](SCC1(CC(=O)O)CC1)c1cccc(C=Cc2ccc3ccc(Cl)cc3n2)c1.[KH]. The molecule has 0 radical (unpaired) electrons. The zero-order valence-electron chi connectivity index (χ0n) is 23.5. The molecule has 1 aromatic heterocycles. The summed E-state index contributed by atoms with van der Waals surface area (Å²) in [5.41, 5.74) is 5.15. The number of hydrogen-bond donors (Lipinski definition) is 2. The number of hydrogen-bond acceptors (Lipinski definition) is 4. The number of halogens is 1. The quantitative estimate of drug-likeness (QED) is 0.155. The number of aryl methyl sites for hydroxylation is 1. The number of aromatic nitrogens is 1. The first-order chi connectivity index (χ1) is 19.6. The van der Waals surface area contributed by atoms with Crippen molar-refractivity contribution in [2.24, 2.45) is 5.41 Å². The topological polar surface area (TPSA) is 70.4 Å². The molecule has 0 spiro atoms. The van der Waals surface area contributed by atoms with Gasteiger partial charge in [-0.3, -0.25) is 4.79 Å². The molecule has 0 unspecified atom stereocenters. The molecule has 5 rings (SSSR count). The van der Waals surface area contributed by atoms with E-state index in [0.717, 1.165) is 64.7 Å². The number of benzene rings is 3. The Hall–Kier alpha value is -1.48. The van der Waals surface area contributed by atoms with Crippen LogP contribution in [0.25, 0.3) is 23.1 Å². The van der Waals surface area contributed by atoms with Crippen LogP contribution in [0, 0.1) is 5.41 Å². The van der Waals surface area contributed by atoms with Crippen LogP contribution >= 0.6 is 23.4 Å². The first-order valence-electron chi connectivity index (χ1n) is 14.1. The first kappa shape index (κ1) is 33.4. The number of nitrogens with zero attached hydrogens (tertiary/aromatic N) is 1. The predicted octanol–water partition coefficient (Wildman–Crippen LogP) is 8.30. The van der Waals surface area contributed by atoms with Gasteiger partial charge in [0.25, 0.3) is 0 Å². The van der Waals surface area contributed by atoms with E-state index in [0.29, 0.717) is 5.02 Å². The Morgan fingerprint density at radius 2 is 1.81 bits per heavy atom. The van der Waals surface area contributed by atoms with Crippen molar-refractivity contribution < 1.29 is 15.0 Å². The van der Waals surface area contributed by atoms with Crippen molar-refractivity contribution in [1.82, 2.24) is 4.98 Å². The molecular weight excluding hydrogens is 589 g/mol. The Morgan fingerprint density at radius 3 is 2.55 bits per heavy atom. The van der Waals surface area contributed by atoms with Crippen molar-refractivity contribution in [3.63, 3.8) is 0 Å². The Kier molecular flexibility index (Phi) is 11.6. The van der Waals surface area contributed by atoms with E-state index in [2.05, 4.69) is 42.5 Å². The van der Waals surface area contributed by atoms with Gasteiger partial charge in [0.05, 0.1) is 23.2 Å². The minimum atomic E-state index is -0.911. The number of thioether (sulfide) groups is 1. The fraction of sp³-hybridized carbons (Fsp3) is 0.314. The third-order valence-electron chi connectivity index (χ3n) is 7.83. The predicted molar refractivity (Wildman–Crippen MR) is 178 cm³/mol. The van der Waals surface area contributed by atoms with Gasteiger partial charge in [-0.2, -0.15) is 11.8 Å². The average molecular weight is 626 g/mol. The number of carboxylic acid groups (broad SMARTS) is 1. The molecule has 2 N–H and O–H groups in total. The number of carboxylic acids is 1. The monoisotopic (exact) mass is 625 g/mol. The van der Waals surface area contributed by atoms with Gasteiger partial charge in [0.15, 0.2) is 0 Å². The summed E-state index contributed by atoms with van der Waals surface area (Å²) in [5, 5.41) is 22.1. The second-order valence-corrected chi connectivity index (χ2v) is 13.3. The van der Waals surface area contributed by atoms with Gasteiger partial charge >= 0.3 is 57.4 Å². The van der Waals surface area contributed by atoms with E-state index in [9.17, 15) is 15.0 Å². The van der Waals surface area contributed by atoms with Gasteiger partial charge in [0, 0.05) is 21.4 Å². The van der Waals surface area contributed by atoms with E-state index in [1.54, 1.807) is 0 Å². The van der Waals surface area contributed by atoms with Crippen molar-refractivity contribution in [2.75, 3.05) is 5.75 Å². The molecule has 1 aliphatic rings. The van der Waals surface area contributed by atoms with Crippen LogP contribution in [0.15, 0.2) is 78.9 Å². The van der Waals surface area contributed by atoms with Crippen LogP contribution in [0.2, 0.25) is 5.02 Å². The van der Waals surface area contributed by atoms with Crippen molar-refractivity contribution in [2.45, 2.75) is 56.8 Å².